The molecule has 0 saturated carbocycles. The lowest BCUT2D eigenvalue weighted by Crippen LogP contribution is -2.58. The number of carbonyl (C=O) groups excluding carboxylic acids is 4. The van der Waals surface area contributed by atoms with Gasteiger partial charge in [0.1, 0.15) is 18.1 Å². The van der Waals surface area contributed by atoms with Crippen molar-refractivity contribution < 1.29 is 29.1 Å². The van der Waals surface area contributed by atoms with Crippen LogP contribution in [0.4, 0.5) is 0 Å². The topological polar surface area (TPSA) is 222 Å². The zero-order valence-corrected chi connectivity index (χ0v) is 20.1. The molecule has 0 saturated heterocycles. The van der Waals surface area contributed by atoms with Crippen molar-refractivity contribution in [2.24, 2.45) is 11.5 Å². The molecule has 0 aliphatic rings. The number of H-pyrrole nitrogens is 1. The van der Waals surface area contributed by atoms with E-state index >= 15 is 0 Å². The quantitative estimate of drug-likeness (QED) is 0.128. The van der Waals surface area contributed by atoms with Crippen molar-refractivity contribution in [2.45, 2.75) is 43.4 Å². The first-order valence-electron chi connectivity index (χ1n) is 10.9. The smallest absolute Gasteiger partial charge is 0.326 e. The lowest BCUT2D eigenvalue weighted by Gasteiger charge is -2.24. The van der Waals surface area contributed by atoms with Crippen LogP contribution in [0.1, 0.15) is 17.7 Å². The van der Waals surface area contributed by atoms with Crippen LogP contribution in [-0.2, 0) is 36.8 Å². The van der Waals surface area contributed by atoms with Crippen LogP contribution in [0, 0.1) is 0 Å². The third-order valence-corrected chi connectivity index (χ3v) is 5.45. The number of hydrogen-bond donors (Lipinski definition) is 8. The summed E-state index contributed by atoms with van der Waals surface area (Å²) >= 11 is 4.08. The minimum absolute atomic E-state index is 0.118. The zero-order chi connectivity index (χ0) is 26.7. The molecule has 14 heteroatoms. The van der Waals surface area contributed by atoms with Gasteiger partial charge in [0.25, 0.3) is 0 Å². The van der Waals surface area contributed by atoms with E-state index in [2.05, 4.69) is 38.5 Å². The van der Waals surface area contributed by atoms with E-state index in [1.165, 1.54) is 12.5 Å². The zero-order valence-electron chi connectivity index (χ0n) is 19.2. The summed E-state index contributed by atoms with van der Waals surface area (Å²) in [7, 11) is 0. The Labute approximate surface area is 212 Å². The molecule has 194 valence electrons. The first-order valence-corrected chi connectivity index (χ1v) is 11.5. The Morgan fingerprint density at radius 2 is 1.56 bits per heavy atom. The number of nitrogens with one attached hydrogen (secondary N) is 4. The number of thiol groups is 1. The average molecular weight is 520 g/mol. The normalized spacial score (nSPS) is 14.1. The number of carboxylic acids is 1. The summed E-state index contributed by atoms with van der Waals surface area (Å²) in [6.07, 6.45) is 2.26. The lowest BCUT2D eigenvalue weighted by molar-refractivity contribution is -0.142. The Kier molecular flexibility index (Phi) is 10.9. The molecule has 0 aliphatic heterocycles. The van der Waals surface area contributed by atoms with Crippen molar-refractivity contribution in [3.63, 3.8) is 0 Å². The molecule has 0 radical (unpaired) electrons. The molecule has 0 aliphatic carbocycles. The summed E-state index contributed by atoms with van der Waals surface area (Å²) < 4.78 is 0. The molecule has 4 atom stereocenters. The van der Waals surface area contributed by atoms with E-state index in [0.29, 0.717) is 5.69 Å². The number of amides is 4. The van der Waals surface area contributed by atoms with Crippen LogP contribution in [0.2, 0.25) is 0 Å². The predicted molar refractivity (Wildman–Crippen MR) is 132 cm³/mol. The summed E-state index contributed by atoms with van der Waals surface area (Å²) in [6, 6.07) is 4.04. The number of nitrogens with zero attached hydrogens (tertiary/aromatic N) is 1. The standard InChI is InChI=1S/C22H29N7O6S/c23-14(6-12-4-2-1-3-5-12)19(31)29-17(10-36)21(33)27-15(8-18(24)30)20(32)28-16(22(34)35)7-13-9-25-11-26-13/h1-5,9,11,14-17,36H,6-8,10,23H2,(H2,24,30)(H,25,26)(H,27,33)(H,28,32)(H,29,31)(H,34,35). The molecule has 13 nitrogen and oxygen atoms in total. The van der Waals surface area contributed by atoms with E-state index in [4.69, 9.17) is 11.5 Å². The van der Waals surface area contributed by atoms with Gasteiger partial charge in [0, 0.05) is 24.1 Å². The van der Waals surface area contributed by atoms with Crippen molar-refractivity contribution in [1.29, 1.82) is 0 Å². The van der Waals surface area contributed by atoms with Crippen LogP contribution in [0.15, 0.2) is 42.9 Å². The van der Waals surface area contributed by atoms with Crippen LogP contribution in [0.3, 0.4) is 0 Å². The molecule has 2 rings (SSSR count). The predicted octanol–water partition coefficient (Wildman–Crippen LogP) is -2.13. The van der Waals surface area contributed by atoms with Crippen molar-refractivity contribution in [3.05, 3.63) is 54.1 Å². The number of nitrogens with two attached hydrogens (primary N) is 2. The molecule has 0 spiro atoms. The van der Waals surface area contributed by atoms with Gasteiger partial charge in [-0.15, -0.1) is 0 Å². The van der Waals surface area contributed by atoms with Crippen LogP contribution < -0.4 is 27.4 Å². The molecule has 1 aromatic heterocycles. The van der Waals surface area contributed by atoms with Gasteiger partial charge in [-0.05, 0) is 12.0 Å². The third-order valence-electron chi connectivity index (χ3n) is 5.08. The van der Waals surface area contributed by atoms with E-state index in [-0.39, 0.29) is 18.6 Å². The maximum absolute atomic E-state index is 12.8. The van der Waals surface area contributed by atoms with Gasteiger partial charge >= 0.3 is 5.97 Å². The van der Waals surface area contributed by atoms with Crippen molar-refractivity contribution >= 4 is 42.2 Å². The number of hydrogen-bond acceptors (Lipinski definition) is 8. The van der Waals surface area contributed by atoms with Gasteiger partial charge in [0.2, 0.25) is 23.6 Å². The number of carbonyl (C=O) groups is 5. The number of rotatable bonds is 14. The molecule has 36 heavy (non-hydrogen) atoms. The van der Waals surface area contributed by atoms with Crippen molar-refractivity contribution in [1.82, 2.24) is 25.9 Å². The highest BCUT2D eigenvalue weighted by Crippen LogP contribution is 2.04. The van der Waals surface area contributed by atoms with Crippen molar-refractivity contribution in [3.8, 4) is 0 Å². The van der Waals surface area contributed by atoms with Gasteiger partial charge in [-0.3, -0.25) is 19.2 Å². The van der Waals surface area contributed by atoms with Crippen LogP contribution in [-0.4, -0.2) is 74.6 Å². The van der Waals surface area contributed by atoms with Crippen molar-refractivity contribution in [2.75, 3.05) is 5.75 Å². The molecule has 2 aromatic rings. The first kappa shape index (κ1) is 28.3. The first-order chi connectivity index (χ1) is 17.1. The fourth-order valence-electron chi connectivity index (χ4n) is 3.20. The molecular formula is C22H29N7O6S. The molecule has 0 fully saturated rings. The van der Waals surface area contributed by atoms with E-state index in [0.717, 1.165) is 5.56 Å². The molecular weight excluding hydrogens is 490 g/mol. The second-order valence-corrected chi connectivity index (χ2v) is 8.32. The van der Waals surface area contributed by atoms with Gasteiger partial charge in [-0.25, -0.2) is 9.78 Å². The minimum Gasteiger partial charge on any atom is -0.480 e. The Hall–Kier alpha value is -3.91. The highest BCUT2D eigenvalue weighted by molar-refractivity contribution is 7.80. The molecule has 1 heterocycles. The summed E-state index contributed by atoms with van der Waals surface area (Å²) in [4.78, 5) is 67.7. The fraction of sp³-hybridized carbons (Fsp3) is 0.364. The summed E-state index contributed by atoms with van der Waals surface area (Å²) in [6.45, 7) is 0. The fourth-order valence-corrected chi connectivity index (χ4v) is 3.46. The summed E-state index contributed by atoms with van der Waals surface area (Å²) in [5.41, 5.74) is 12.4. The Balaban J connectivity index is 2.03. The SMILES string of the molecule is NC(=O)CC(NC(=O)C(CS)NC(=O)C(N)Cc1ccccc1)C(=O)NC(Cc1cnc[nH]1)C(=O)O. The summed E-state index contributed by atoms with van der Waals surface area (Å²) in [5.74, 6) is -4.78. The average Bonchev–Trinajstić information content (AvgIpc) is 3.34. The monoisotopic (exact) mass is 519 g/mol. The van der Waals surface area contributed by atoms with Gasteiger partial charge in [-0.1, -0.05) is 30.3 Å². The number of benzene rings is 1. The molecule has 1 aromatic carbocycles. The number of aromatic amines is 1. The number of imidazole rings is 1. The Bertz CT molecular complexity index is 1050. The second-order valence-electron chi connectivity index (χ2n) is 7.95. The minimum atomic E-state index is -1.49. The number of primary amides is 1. The van der Waals surface area contributed by atoms with E-state index in [9.17, 15) is 29.1 Å². The highest BCUT2D eigenvalue weighted by Gasteiger charge is 2.31. The lowest BCUT2D eigenvalue weighted by atomic mass is 10.1. The van der Waals surface area contributed by atoms with Gasteiger partial charge in [-0.2, -0.15) is 12.6 Å². The molecule has 4 amide bonds. The van der Waals surface area contributed by atoms with Gasteiger partial charge in [0.15, 0.2) is 0 Å². The maximum atomic E-state index is 12.8. The van der Waals surface area contributed by atoms with Gasteiger partial charge < -0.3 is 37.5 Å². The third kappa shape index (κ3) is 9.03. The number of carboxylic acid groups (broad SMARTS) is 1. The molecule has 0 bridgehead atoms. The maximum Gasteiger partial charge on any atom is 0.326 e. The van der Waals surface area contributed by atoms with Crippen LogP contribution >= 0.6 is 12.6 Å². The molecule has 4 unspecified atom stereocenters. The van der Waals surface area contributed by atoms with E-state index < -0.39 is 60.2 Å². The number of aliphatic carboxylic acids is 1. The van der Waals surface area contributed by atoms with Crippen LogP contribution in [0.25, 0.3) is 0 Å². The van der Waals surface area contributed by atoms with Crippen LogP contribution in [0.5, 0.6) is 0 Å². The molecule has 9 N–H and O–H groups in total. The number of aromatic nitrogens is 2. The Morgan fingerprint density at radius 3 is 2.11 bits per heavy atom. The highest BCUT2D eigenvalue weighted by atomic mass is 32.1. The van der Waals surface area contributed by atoms with E-state index in [1.54, 1.807) is 24.3 Å². The largest absolute Gasteiger partial charge is 0.480 e. The van der Waals surface area contributed by atoms with Gasteiger partial charge in [0.05, 0.1) is 18.8 Å². The Morgan fingerprint density at radius 1 is 0.944 bits per heavy atom. The summed E-state index contributed by atoms with van der Waals surface area (Å²) in [5, 5.41) is 16.5. The second kappa shape index (κ2) is 13.8. The van der Waals surface area contributed by atoms with E-state index in [1.807, 2.05) is 6.07 Å².